The Morgan fingerprint density at radius 1 is 1.78 bits per heavy atom. The van der Waals surface area contributed by atoms with Gasteiger partial charge in [0, 0.05) is 7.05 Å². The van der Waals surface area contributed by atoms with Crippen molar-refractivity contribution in [1.82, 2.24) is 5.32 Å². The maximum Gasteiger partial charge on any atom is 0.229 e. The number of carbonyl (C=O) groups is 1. The van der Waals surface area contributed by atoms with E-state index in [0.717, 1.165) is 0 Å². The van der Waals surface area contributed by atoms with Gasteiger partial charge in [0.25, 0.3) is 0 Å². The van der Waals surface area contributed by atoms with Gasteiger partial charge < -0.3 is 5.32 Å². The number of amides is 1. The zero-order chi connectivity index (χ0) is 7.44. The first-order chi connectivity index (χ1) is 4.09. The maximum absolute atomic E-state index is 12.1. The summed E-state index contributed by atoms with van der Waals surface area (Å²) in [5, 5.41) is 2.31. The lowest BCUT2D eigenvalue weighted by atomic mass is 10.1. The Balaban J connectivity index is 3.88. The molecule has 0 saturated carbocycles. The van der Waals surface area contributed by atoms with Gasteiger partial charge >= 0.3 is 0 Å². The van der Waals surface area contributed by atoms with Crippen molar-refractivity contribution in [2.75, 3.05) is 7.05 Å². The molecule has 52 valence electrons. The Kier molecular flexibility index (Phi) is 2.91. The highest BCUT2D eigenvalue weighted by atomic mass is 19.1. The van der Waals surface area contributed by atoms with Crippen molar-refractivity contribution in [3.05, 3.63) is 12.4 Å². The van der Waals surface area contributed by atoms with E-state index < -0.39 is 11.7 Å². The van der Waals surface area contributed by atoms with Crippen molar-refractivity contribution in [2.24, 2.45) is 5.92 Å². The third-order valence-electron chi connectivity index (χ3n) is 1.11. The minimum Gasteiger partial charge on any atom is -0.359 e. The number of rotatable bonds is 2. The van der Waals surface area contributed by atoms with Crippen molar-refractivity contribution in [3.8, 4) is 0 Å². The number of carbonyl (C=O) groups excluding carboxylic acids is 1. The van der Waals surface area contributed by atoms with Gasteiger partial charge in [0.1, 0.15) is 5.83 Å². The second-order valence-electron chi connectivity index (χ2n) is 1.78. The van der Waals surface area contributed by atoms with Crippen LogP contribution in [0.5, 0.6) is 0 Å². The molecule has 0 bridgehead atoms. The van der Waals surface area contributed by atoms with E-state index in [2.05, 4.69) is 11.9 Å². The molecule has 0 rings (SSSR count). The van der Waals surface area contributed by atoms with Crippen LogP contribution in [0.25, 0.3) is 0 Å². The summed E-state index contributed by atoms with van der Waals surface area (Å²) >= 11 is 0. The molecule has 1 N–H and O–H groups in total. The molecule has 0 aromatic rings. The van der Waals surface area contributed by atoms with Gasteiger partial charge in [-0.3, -0.25) is 4.79 Å². The average Bonchev–Trinajstić information content (AvgIpc) is 1.84. The SMILES string of the molecule is C=C(F)C(C)C(=O)NC. The lowest BCUT2D eigenvalue weighted by molar-refractivity contribution is -0.123. The first-order valence-corrected chi connectivity index (χ1v) is 2.65. The van der Waals surface area contributed by atoms with Crippen LogP contribution in [0.2, 0.25) is 0 Å². The number of halogens is 1. The van der Waals surface area contributed by atoms with Gasteiger partial charge in [-0.1, -0.05) is 6.58 Å². The Morgan fingerprint density at radius 3 is 2.33 bits per heavy atom. The molecule has 1 unspecified atom stereocenters. The third kappa shape index (κ3) is 2.26. The van der Waals surface area contributed by atoms with Gasteiger partial charge in [0.15, 0.2) is 0 Å². The zero-order valence-electron chi connectivity index (χ0n) is 5.57. The quantitative estimate of drug-likeness (QED) is 0.591. The molecule has 0 saturated heterocycles. The second-order valence-corrected chi connectivity index (χ2v) is 1.78. The largest absolute Gasteiger partial charge is 0.359 e. The minimum absolute atomic E-state index is 0.345. The number of hydrogen-bond donors (Lipinski definition) is 1. The highest BCUT2D eigenvalue weighted by Crippen LogP contribution is 2.07. The molecular formula is C6H10FNO. The van der Waals surface area contributed by atoms with Crippen LogP contribution in [0.3, 0.4) is 0 Å². The first kappa shape index (κ1) is 8.14. The van der Waals surface area contributed by atoms with Crippen LogP contribution in [-0.2, 0) is 4.79 Å². The minimum atomic E-state index is -0.727. The van der Waals surface area contributed by atoms with Crippen LogP contribution < -0.4 is 5.32 Å². The van der Waals surface area contributed by atoms with Gasteiger partial charge in [-0.25, -0.2) is 4.39 Å². The molecule has 2 nitrogen and oxygen atoms in total. The fourth-order valence-corrected chi connectivity index (χ4v) is 0.359. The van der Waals surface area contributed by atoms with E-state index in [1.54, 1.807) is 0 Å². The molecule has 0 aliphatic carbocycles. The molecule has 0 aromatic carbocycles. The highest BCUT2D eigenvalue weighted by molar-refractivity contribution is 5.80. The molecule has 1 atom stereocenters. The summed E-state index contributed by atoms with van der Waals surface area (Å²) in [5.41, 5.74) is 0. The smallest absolute Gasteiger partial charge is 0.229 e. The number of hydrogen-bond acceptors (Lipinski definition) is 1. The van der Waals surface area contributed by atoms with E-state index in [-0.39, 0.29) is 5.91 Å². The Bertz CT molecular complexity index is 133. The second kappa shape index (κ2) is 3.22. The fourth-order valence-electron chi connectivity index (χ4n) is 0.359. The van der Waals surface area contributed by atoms with E-state index >= 15 is 0 Å². The molecule has 0 fully saturated rings. The predicted octanol–water partition coefficient (Wildman–Crippen LogP) is 0.852. The van der Waals surface area contributed by atoms with Gasteiger partial charge in [-0.05, 0) is 6.92 Å². The summed E-state index contributed by atoms with van der Waals surface area (Å²) in [5.74, 6) is -1.67. The van der Waals surface area contributed by atoms with Crippen LogP contribution in [0.1, 0.15) is 6.92 Å². The monoisotopic (exact) mass is 131 g/mol. The highest BCUT2D eigenvalue weighted by Gasteiger charge is 2.13. The maximum atomic E-state index is 12.1. The topological polar surface area (TPSA) is 29.1 Å². The van der Waals surface area contributed by atoms with Crippen LogP contribution in [-0.4, -0.2) is 13.0 Å². The summed E-state index contributed by atoms with van der Waals surface area (Å²) in [4.78, 5) is 10.5. The fraction of sp³-hybridized carbons (Fsp3) is 0.500. The van der Waals surface area contributed by atoms with E-state index in [0.29, 0.717) is 0 Å². The van der Waals surface area contributed by atoms with Crippen molar-refractivity contribution >= 4 is 5.91 Å². The molecule has 0 aromatic heterocycles. The van der Waals surface area contributed by atoms with Crippen LogP contribution >= 0.6 is 0 Å². The van der Waals surface area contributed by atoms with Crippen molar-refractivity contribution in [1.29, 1.82) is 0 Å². The Labute approximate surface area is 53.8 Å². The normalized spacial score (nSPS) is 12.3. The van der Waals surface area contributed by atoms with E-state index in [9.17, 15) is 9.18 Å². The van der Waals surface area contributed by atoms with Crippen molar-refractivity contribution in [3.63, 3.8) is 0 Å². The predicted molar refractivity (Wildman–Crippen MR) is 33.5 cm³/mol. The summed E-state index contributed by atoms with van der Waals surface area (Å²) < 4.78 is 12.1. The summed E-state index contributed by atoms with van der Waals surface area (Å²) in [6, 6.07) is 0. The molecule has 0 spiro atoms. The third-order valence-corrected chi connectivity index (χ3v) is 1.11. The summed E-state index contributed by atoms with van der Waals surface area (Å²) in [6.07, 6.45) is 0. The Morgan fingerprint density at radius 2 is 2.22 bits per heavy atom. The van der Waals surface area contributed by atoms with Crippen LogP contribution in [0, 0.1) is 5.92 Å². The van der Waals surface area contributed by atoms with Crippen LogP contribution in [0.15, 0.2) is 12.4 Å². The summed E-state index contributed by atoms with van der Waals surface area (Å²) in [7, 11) is 1.46. The Hall–Kier alpha value is -0.860. The molecule has 3 heteroatoms. The molecule has 0 aliphatic heterocycles. The molecule has 9 heavy (non-hydrogen) atoms. The molecule has 0 heterocycles. The first-order valence-electron chi connectivity index (χ1n) is 2.65. The van der Waals surface area contributed by atoms with E-state index in [1.807, 2.05) is 0 Å². The molecule has 0 radical (unpaired) electrons. The van der Waals surface area contributed by atoms with Gasteiger partial charge in [-0.2, -0.15) is 0 Å². The van der Waals surface area contributed by atoms with Crippen molar-refractivity contribution < 1.29 is 9.18 Å². The van der Waals surface area contributed by atoms with Gasteiger partial charge in [0.05, 0.1) is 5.92 Å². The molecular weight excluding hydrogens is 121 g/mol. The zero-order valence-corrected chi connectivity index (χ0v) is 5.57. The summed E-state index contributed by atoms with van der Waals surface area (Å²) in [6.45, 7) is 4.46. The van der Waals surface area contributed by atoms with Crippen LogP contribution in [0.4, 0.5) is 4.39 Å². The van der Waals surface area contributed by atoms with E-state index in [4.69, 9.17) is 0 Å². The molecule has 1 amide bonds. The van der Waals surface area contributed by atoms with E-state index in [1.165, 1.54) is 14.0 Å². The van der Waals surface area contributed by atoms with Gasteiger partial charge in [0.2, 0.25) is 5.91 Å². The number of nitrogens with one attached hydrogen (secondary N) is 1. The lowest BCUT2D eigenvalue weighted by Gasteiger charge is -2.04. The molecule has 0 aliphatic rings. The lowest BCUT2D eigenvalue weighted by Crippen LogP contribution is -2.25. The van der Waals surface area contributed by atoms with Crippen molar-refractivity contribution in [2.45, 2.75) is 6.92 Å². The average molecular weight is 131 g/mol. The standard InChI is InChI=1S/C6H10FNO/c1-4(5(2)7)6(9)8-3/h4H,2H2,1,3H3,(H,8,9). The van der Waals surface area contributed by atoms with Gasteiger partial charge in [-0.15, -0.1) is 0 Å².